The highest BCUT2D eigenvalue weighted by Gasteiger charge is 2.46. The third-order valence-electron chi connectivity index (χ3n) is 7.33. The van der Waals surface area contributed by atoms with E-state index in [9.17, 15) is 31.2 Å². The Labute approximate surface area is 217 Å². The number of likely N-dealkylation sites (tertiary alicyclic amines) is 1. The number of hydrogen-bond donors (Lipinski definition) is 1. The Bertz CT molecular complexity index is 1360. The van der Waals surface area contributed by atoms with Gasteiger partial charge in [0.1, 0.15) is 6.04 Å². The SMILES string of the molecule is COC(=O)[C@@H]1CCCN1C1CN(c2cnn3c2CN(C(=O)Nc2cc(F)c(F)c(F)c2)[C@@H](C)C3)S(=O)(=O)C1. The number of carbonyl (C=O) groups is 2. The van der Waals surface area contributed by atoms with Gasteiger partial charge in [0.15, 0.2) is 17.5 Å². The number of benzene rings is 1. The fourth-order valence-corrected chi connectivity index (χ4v) is 7.26. The molecular weight excluding hydrogens is 529 g/mol. The molecule has 3 aliphatic heterocycles. The fourth-order valence-electron chi connectivity index (χ4n) is 5.44. The summed E-state index contributed by atoms with van der Waals surface area (Å²) < 4.78 is 74.7. The van der Waals surface area contributed by atoms with Crippen LogP contribution in [-0.2, 0) is 32.6 Å². The van der Waals surface area contributed by atoms with Gasteiger partial charge in [-0.2, -0.15) is 5.10 Å². The molecule has 11 nitrogen and oxygen atoms in total. The third-order valence-corrected chi connectivity index (χ3v) is 9.16. The van der Waals surface area contributed by atoms with E-state index >= 15 is 0 Å². The van der Waals surface area contributed by atoms with Crippen molar-refractivity contribution in [3.8, 4) is 0 Å². The third kappa shape index (κ3) is 4.57. The number of anilines is 2. The standard InChI is InChI=1S/C23H27F3N6O5S/c1-13-9-31-20(11-30(13)23(34)28-14-6-16(24)21(26)17(25)7-14)19(8-27-31)32-10-15(12-38(32,35)36)29-5-3-4-18(29)22(33)37-2/h6-8,13,15,18H,3-5,9-12H2,1-2H3,(H,28,34)/t13-,15?,18-/m0/s1. The predicted molar refractivity (Wildman–Crippen MR) is 129 cm³/mol. The van der Waals surface area contributed by atoms with Gasteiger partial charge in [-0.05, 0) is 26.3 Å². The van der Waals surface area contributed by atoms with Gasteiger partial charge in [-0.1, -0.05) is 0 Å². The molecule has 4 heterocycles. The first kappa shape index (κ1) is 26.3. The number of amides is 2. The highest BCUT2D eigenvalue weighted by molar-refractivity contribution is 7.93. The topological polar surface area (TPSA) is 117 Å². The molecule has 1 aromatic heterocycles. The van der Waals surface area contributed by atoms with Gasteiger partial charge in [-0.3, -0.25) is 18.7 Å². The van der Waals surface area contributed by atoms with Crippen molar-refractivity contribution in [2.45, 2.75) is 51.0 Å². The number of urea groups is 1. The van der Waals surface area contributed by atoms with E-state index in [1.54, 1.807) is 11.6 Å². The van der Waals surface area contributed by atoms with Crippen LogP contribution in [0.1, 0.15) is 25.5 Å². The summed E-state index contributed by atoms with van der Waals surface area (Å²) in [5, 5.41) is 6.70. The van der Waals surface area contributed by atoms with E-state index in [2.05, 4.69) is 10.4 Å². The van der Waals surface area contributed by atoms with Crippen molar-refractivity contribution >= 4 is 33.4 Å². The Morgan fingerprint density at radius 1 is 1.16 bits per heavy atom. The second kappa shape index (κ2) is 9.76. The van der Waals surface area contributed by atoms with Gasteiger partial charge in [0, 0.05) is 23.9 Å². The molecule has 5 rings (SSSR count). The van der Waals surface area contributed by atoms with Crippen molar-refractivity contribution in [1.82, 2.24) is 19.6 Å². The highest BCUT2D eigenvalue weighted by Crippen LogP contribution is 2.34. The number of aromatic nitrogens is 2. The Morgan fingerprint density at radius 3 is 2.55 bits per heavy atom. The van der Waals surface area contributed by atoms with Crippen LogP contribution in [0.15, 0.2) is 18.3 Å². The Kier molecular flexibility index (Phi) is 6.75. The maximum atomic E-state index is 13.6. The molecule has 38 heavy (non-hydrogen) atoms. The molecule has 206 valence electrons. The van der Waals surface area contributed by atoms with Crippen LogP contribution in [0.5, 0.6) is 0 Å². The molecular formula is C23H27F3N6O5S. The highest BCUT2D eigenvalue weighted by atomic mass is 32.2. The summed E-state index contributed by atoms with van der Waals surface area (Å²) in [6.07, 6.45) is 2.79. The normalized spacial score (nSPS) is 24.9. The molecule has 15 heteroatoms. The maximum absolute atomic E-state index is 13.6. The second-order valence-corrected chi connectivity index (χ2v) is 11.6. The molecule has 2 saturated heterocycles. The minimum Gasteiger partial charge on any atom is -0.468 e. The molecule has 1 aromatic carbocycles. The summed E-state index contributed by atoms with van der Waals surface area (Å²) in [4.78, 5) is 28.5. The van der Waals surface area contributed by atoms with Crippen molar-refractivity contribution in [3.05, 3.63) is 41.5 Å². The molecule has 3 atom stereocenters. The number of hydrogen-bond acceptors (Lipinski definition) is 7. The van der Waals surface area contributed by atoms with E-state index in [0.717, 1.165) is 6.42 Å². The minimum atomic E-state index is -3.75. The Balaban J connectivity index is 1.36. The molecule has 0 aliphatic carbocycles. The molecule has 0 bridgehead atoms. The summed E-state index contributed by atoms with van der Waals surface area (Å²) in [5.41, 5.74) is 0.545. The van der Waals surface area contributed by atoms with Crippen LogP contribution in [0.3, 0.4) is 0 Å². The number of carbonyl (C=O) groups excluding carboxylic acids is 2. The summed E-state index contributed by atoms with van der Waals surface area (Å²) in [5.74, 6) is -5.08. The van der Waals surface area contributed by atoms with E-state index in [4.69, 9.17) is 4.74 Å². The molecule has 1 N–H and O–H groups in total. The summed E-state index contributed by atoms with van der Waals surface area (Å²) >= 11 is 0. The Hall–Kier alpha value is -3.33. The van der Waals surface area contributed by atoms with Crippen LogP contribution in [0.2, 0.25) is 0 Å². The molecule has 0 spiro atoms. The zero-order valence-corrected chi connectivity index (χ0v) is 21.5. The fraction of sp³-hybridized carbons (Fsp3) is 0.522. The smallest absolute Gasteiger partial charge is 0.323 e. The molecule has 1 unspecified atom stereocenters. The van der Waals surface area contributed by atoms with E-state index in [0.29, 0.717) is 36.5 Å². The lowest BCUT2D eigenvalue weighted by atomic mass is 10.1. The number of methoxy groups -OCH3 is 1. The number of nitrogens with one attached hydrogen (secondary N) is 1. The minimum absolute atomic E-state index is 0.0281. The summed E-state index contributed by atoms with van der Waals surface area (Å²) in [7, 11) is -2.44. The van der Waals surface area contributed by atoms with E-state index in [-0.39, 0.29) is 31.1 Å². The monoisotopic (exact) mass is 556 g/mol. The molecule has 0 saturated carbocycles. The molecule has 2 amide bonds. The summed E-state index contributed by atoms with van der Waals surface area (Å²) in [6, 6.07) is -0.649. The lowest BCUT2D eigenvalue weighted by Gasteiger charge is -2.35. The molecule has 2 aromatic rings. The van der Waals surface area contributed by atoms with Gasteiger partial charge in [-0.25, -0.2) is 26.4 Å². The molecule has 2 fully saturated rings. The lowest BCUT2D eigenvalue weighted by Crippen LogP contribution is -2.47. The number of halogens is 3. The van der Waals surface area contributed by atoms with Crippen molar-refractivity contribution < 1.29 is 35.9 Å². The predicted octanol–water partition coefficient (Wildman–Crippen LogP) is 1.89. The Morgan fingerprint density at radius 2 is 1.87 bits per heavy atom. The summed E-state index contributed by atoms with van der Waals surface area (Å²) in [6.45, 7) is 2.67. The van der Waals surface area contributed by atoms with Crippen molar-refractivity contribution in [2.75, 3.05) is 35.6 Å². The first-order chi connectivity index (χ1) is 18.0. The number of fused-ring (bicyclic) bond motifs is 1. The van der Waals surface area contributed by atoms with Gasteiger partial charge >= 0.3 is 12.0 Å². The van der Waals surface area contributed by atoms with Crippen LogP contribution in [-0.4, -0.2) is 84.1 Å². The van der Waals surface area contributed by atoms with Crippen molar-refractivity contribution in [2.24, 2.45) is 0 Å². The van der Waals surface area contributed by atoms with Gasteiger partial charge in [0.25, 0.3) is 0 Å². The van der Waals surface area contributed by atoms with E-state index in [1.165, 1.54) is 22.5 Å². The second-order valence-electron chi connectivity index (χ2n) is 9.70. The average molecular weight is 557 g/mol. The number of sulfonamides is 1. The van der Waals surface area contributed by atoms with Crippen LogP contribution in [0, 0.1) is 17.5 Å². The number of esters is 1. The lowest BCUT2D eigenvalue weighted by molar-refractivity contribution is -0.146. The largest absolute Gasteiger partial charge is 0.468 e. The van der Waals surface area contributed by atoms with Crippen molar-refractivity contribution in [1.29, 1.82) is 0 Å². The molecule has 3 aliphatic rings. The first-order valence-corrected chi connectivity index (χ1v) is 13.7. The van der Waals surface area contributed by atoms with Crippen LogP contribution >= 0.6 is 0 Å². The maximum Gasteiger partial charge on any atom is 0.323 e. The van der Waals surface area contributed by atoms with Crippen LogP contribution in [0.4, 0.5) is 29.3 Å². The van der Waals surface area contributed by atoms with E-state index < -0.39 is 57.6 Å². The average Bonchev–Trinajstić information content (AvgIpc) is 3.57. The first-order valence-electron chi connectivity index (χ1n) is 12.1. The van der Waals surface area contributed by atoms with Gasteiger partial charge in [-0.15, -0.1) is 0 Å². The zero-order valence-electron chi connectivity index (χ0n) is 20.7. The molecule has 0 radical (unpaired) electrons. The quantitative estimate of drug-likeness (QED) is 0.452. The number of nitrogens with zero attached hydrogens (tertiary/aromatic N) is 5. The van der Waals surface area contributed by atoms with Gasteiger partial charge in [0.2, 0.25) is 10.0 Å². The zero-order chi connectivity index (χ0) is 27.4. The van der Waals surface area contributed by atoms with Crippen LogP contribution in [0.25, 0.3) is 0 Å². The number of rotatable bonds is 4. The van der Waals surface area contributed by atoms with E-state index in [1.807, 2.05) is 4.90 Å². The van der Waals surface area contributed by atoms with Gasteiger partial charge in [0.05, 0.1) is 56.1 Å². The van der Waals surface area contributed by atoms with Crippen molar-refractivity contribution in [3.63, 3.8) is 0 Å². The number of ether oxygens (including phenoxy) is 1. The van der Waals surface area contributed by atoms with Gasteiger partial charge < -0.3 is 15.0 Å². The van der Waals surface area contributed by atoms with Crippen LogP contribution < -0.4 is 9.62 Å².